The molecule has 0 spiro atoms. The van der Waals surface area contributed by atoms with E-state index in [-0.39, 0.29) is 10.6 Å². The highest BCUT2D eigenvalue weighted by atomic mass is 32.1. The molecular weight excluding hydrogens is 253 g/mol. The average Bonchev–Trinajstić information content (AvgIpc) is 2.57. The van der Waals surface area contributed by atoms with Gasteiger partial charge in [-0.05, 0) is 12.5 Å². The third-order valence-corrected chi connectivity index (χ3v) is 3.06. The summed E-state index contributed by atoms with van der Waals surface area (Å²) < 4.78 is 35.8. The highest BCUT2D eigenvalue weighted by Crippen LogP contribution is 2.29. The van der Waals surface area contributed by atoms with Gasteiger partial charge >= 0.3 is 6.18 Å². The molecule has 1 aromatic heterocycles. The van der Waals surface area contributed by atoms with E-state index < -0.39 is 18.5 Å². The molecule has 7 heteroatoms. The zero-order valence-electron chi connectivity index (χ0n) is 8.89. The van der Waals surface area contributed by atoms with Gasteiger partial charge in [0, 0.05) is 4.88 Å². The number of nitrogens with one attached hydrogen (secondary N) is 1. The lowest BCUT2D eigenvalue weighted by Gasteiger charge is -2.06. The van der Waals surface area contributed by atoms with Crippen molar-refractivity contribution in [2.24, 2.45) is 0 Å². The summed E-state index contributed by atoms with van der Waals surface area (Å²) in [4.78, 5) is 11.9. The number of hydrogen-bond acceptors (Lipinski definition) is 3. The highest BCUT2D eigenvalue weighted by molar-refractivity contribution is 7.16. The topological polar surface area (TPSA) is 52.9 Å². The first-order valence-corrected chi connectivity index (χ1v) is 5.56. The Labute approximate surface area is 99.9 Å². The van der Waals surface area contributed by atoms with Gasteiger partial charge in [0.1, 0.15) is 17.5 Å². The Bertz CT molecular complexity index is 459. The first kappa shape index (κ1) is 13.5. The fraction of sp³-hybridized carbons (Fsp3) is 0.400. The summed E-state index contributed by atoms with van der Waals surface area (Å²) in [5.41, 5.74) is 0.197. The van der Waals surface area contributed by atoms with Gasteiger partial charge in [-0.25, -0.2) is 0 Å². The van der Waals surface area contributed by atoms with Gasteiger partial charge in [0.25, 0.3) is 0 Å². The molecule has 3 nitrogen and oxygen atoms in total. The summed E-state index contributed by atoms with van der Waals surface area (Å²) in [5.74, 6) is -1.15. The lowest BCUT2D eigenvalue weighted by atomic mass is 10.3. The second-order valence-electron chi connectivity index (χ2n) is 3.26. The van der Waals surface area contributed by atoms with Crippen LogP contribution in [0, 0.1) is 11.3 Å². The minimum atomic E-state index is -4.54. The number of thiophene rings is 1. The minimum absolute atomic E-state index is 0.179. The number of aryl methyl sites for hydroxylation is 1. The molecule has 0 radical (unpaired) electrons. The molecule has 0 unspecified atom stereocenters. The van der Waals surface area contributed by atoms with Gasteiger partial charge in [-0.2, -0.15) is 18.4 Å². The Balaban J connectivity index is 2.78. The van der Waals surface area contributed by atoms with Gasteiger partial charge in [-0.3, -0.25) is 4.79 Å². The molecule has 17 heavy (non-hydrogen) atoms. The minimum Gasteiger partial charge on any atom is -0.316 e. The van der Waals surface area contributed by atoms with Crippen LogP contribution in [0.25, 0.3) is 0 Å². The Kier molecular flexibility index (Phi) is 4.12. The Morgan fingerprint density at radius 3 is 2.71 bits per heavy atom. The average molecular weight is 262 g/mol. The number of anilines is 1. The summed E-state index contributed by atoms with van der Waals surface area (Å²) in [6, 6.07) is 3.40. The third kappa shape index (κ3) is 4.07. The number of halogens is 3. The number of nitrogens with zero attached hydrogens (tertiary/aromatic N) is 1. The summed E-state index contributed by atoms with van der Waals surface area (Å²) in [7, 11) is 0. The summed E-state index contributed by atoms with van der Waals surface area (Å²) >= 11 is 1.12. The molecule has 0 bridgehead atoms. The van der Waals surface area contributed by atoms with Crippen molar-refractivity contribution >= 4 is 22.2 Å². The number of amides is 1. The van der Waals surface area contributed by atoms with Crippen molar-refractivity contribution < 1.29 is 18.0 Å². The van der Waals surface area contributed by atoms with Crippen LogP contribution in [0.1, 0.15) is 23.8 Å². The predicted octanol–water partition coefficient (Wildman–Crippen LogP) is 3.07. The lowest BCUT2D eigenvalue weighted by molar-refractivity contribution is -0.150. The van der Waals surface area contributed by atoms with Crippen molar-refractivity contribution in [1.29, 1.82) is 5.26 Å². The first-order valence-electron chi connectivity index (χ1n) is 4.75. The van der Waals surface area contributed by atoms with Crippen LogP contribution in [0.4, 0.5) is 18.2 Å². The van der Waals surface area contributed by atoms with Gasteiger partial charge in [0.15, 0.2) is 0 Å². The zero-order valence-corrected chi connectivity index (χ0v) is 9.71. The molecule has 0 saturated heterocycles. The first-order chi connectivity index (χ1) is 7.85. The monoisotopic (exact) mass is 262 g/mol. The second-order valence-corrected chi connectivity index (χ2v) is 4.40. The highest BCUT2D eigenvalue weighted by Gasteiger charge is 2.31. The second kappa shape index (κ2) is 5.19. The maximum absolute atomic E-state index is 11.9. The predicted molar refractivity (Wildman–Crippen MR) is 57.7 cm³/mol. The zero-order chi connectivity index (χ0) is 13.1. The maximum Gasteiger partial charge on any atom is 0.397 e. The smallest absolute Gasteiger partial charge is 0.316 e. The SMILES string of the molecule is CCc1cc(C#N)c(NC(=O)CC(F)(F)F)s1. The Hall–Kier alpha value is -1.55. The van der Waals surface area contributed by atoms with Crippen LogP contribution in [-0.2, 0) is 11.2 Å². The number of rotatable bonds is 3. The number of carbonyl (C=O) groups excluding carboxylic acids is 1. The molecule has 1 amide bonds. The molecule has 1 aromatic rings. The largest absolute Gasteiger partial charge is 0.397 e. The van der Waals surface area contributed by atoms with Crippen LogP contribution in [0.2, 0.25) is 0 Å². The molecule has 0 aliphatic heterocycles. The quantitative estimate of drug-likeness (QED) is 0.910. The molecular formula is C10H9F3N2OS. The van der Waals surface area contributed by atoms with E-state index in [0.29, 0.717) is 6.42 Å². The summed E-state index contributed by atoms with van der Waals surface area (Å²) in [6.07, 6.45) is -5.42. The van der Waals surface area contributed by atoms with E-state index in [1.165, 1.54) is 0 Å². The van der Waals surface area contributed by atoms with E-state index >= 15 is 0 Å². The maximum atomic E-state index is 11.9. The van der Waals surface area contributed by atoms with Crippen molar-refractivity contribution in [3.05, 3.63) is 16.5 Å². The normalized spacial score (nSPS) is 11.0. The van der Waals surface area contributed by atoms with Crippen molar-refractivity contribution in [1.82, 2.24) is 0 Å². The van der Waals surface area contributed by atoms with E-state index in [9.17, 15) is 18.0 Å². The van der Waals surface area contributed by atoms with Crippen LogP contribution in [0.5, 0.6) is 0 Å². The van der Waals surface area contributed by atoms with Gasteiger partial charge in [-0.15, -0.1) is 11.3 Å². The van der Waals surface area contributed by atoms with E-state index in [0.717, 1.165) is 16.2 Å². The van der Waals surface area contributed by atoms with Crippen molar-refractivity contribution in [2.45, 2.75) is 25.9 Å². The lowest BCUT2D eigenvalue weighted by Crippen LogP contribution is -2.20. The molecule has 0 saturated carbocycles. The Morgan fingerprint density at radius 1 is 1.59 bits per heavy atom. The van der Waals surface area contributed by atoms with Crippen LogP contribution in [0.3, 0.4) is 0 Å². The van der Waals surface area contributed by atoms with E-state index in [1.54, 1.807) is 6.07 Å². The van der Waals surface area contributed by atoms with E-state index in [2.05, 4.69) is 5.32 Å². The summed E-state index contributed by atoms with van der Waals surface area (Å²) in [5, 5.41) is 11.0. The van der Waals surface area contributed by atoms with Crippen LogP contribution >= 0.6 is 11.3 Å². The number of carbonyl (C=O) groups is 1. The van der Waals surface area contributed by atoms with E-state index in [4.69, 9.17) is 5.26 Å². The third-order valence-electron chi connectivity index (χ3n) is 1.87. The number of nitriles is 1. The molecule has 1 N–H and O–H groups in total. The van der Waals surface area contributed by atoms with Crippen LogP contribution < -0.4 is 5.32 Å². The molecule has 1 rings (SSSR count). The van der Waals surface area contributed by atoms with Gasteiger partial charge < -0.3 is 5.32 Å². The molecule has 0 atom stereocenters. The van der Waals surface area contributed by atoms with Gasteiger partial charge in [-0.1, -0.05) is 6.92 Å². The van der Waals surface area contributed by atoms with Gasteiger partial charge in [0.05, 0.1) is 5.56 Å². The van der Waals surface area contributed by atoms with E-state index in [1.807, 2.05) is 13.0 Å². The summed E-state index contributed by atoms with van der Waals surface area (Å²) in [6.45, 7) is 1.86. The van der Waals surface area contributed by atoms with Crippen LogP contribution in [0.15, 0.2) is 6.07 Å². The molecule has 0 fully saturated rings. The molecule has 1 heterocycles. The van der Waals surface area contributed by atoms with Crippen molar-refractivity contribution in [2.75, 3.05) is 5.32 Å². The molecule has 92 valence electrons. The van der Waals surface area contributed by atoms with Crippen LogP contribution in [-0.4, -0.2) is 12.1 Å². The van der Waals surface area contributed by atoms with Crippen molar-refractivity contribution in [3.63, 3.8) is 0 Å². The number of alkyl halides is 3. The Morgan fingerprint density at radius 2 is 2.24 bits per heavy atom. The van der Waals surface area contributed by atoms with Crippen molar-refractivity contribution in [3.8, 4) is 6.07 Å². The van der Waals surface area contributed by atoms with Gasteiger partial charge in [0.2, 0.25) is 5.91 Å². The molecule has 0 aliphatic carbocycles. The fourth-order valence-corrected chi connectivity index (χ4v) is 2.11. The molecule has 0 aliphatic rings. The standard InChI is InChI=1S/C10H9F3N2OS/c1-2-7-3-6(5-14)9(17-7)15-8(16)4-10(11,12)13/h3H,2,4H2,1H3,(H,15,16). The fourth-order valence-electron chi connectivity index (χ4n) is 1.15. The molecule has 0 aromatic carbocycles. The number of hydrogen-bond donors (Lipinski definition) is 1.